The average Bonchev–Trinajstić information content (AvgIpc) is 2.27. The molecule has 0 atom stereocenters. The van der Waals surface area contributed by atoms with Crippen LogP contribution in [0, 0.1) is 0 Å². The van der Waals surface area contributed by atoms with Crippen LogP contribution in [0.25, 0.3) is 0 Å². The van der Waals surface area contributed by atoms with Gasteiger partial charge in [-0.05, 0) is 39.8 Å². The lowest BCUT2D eigenvalue weighted by Crippen LogP contribution is -2.65. The third-order valence-corrected chi connectivity index (χ3v) is 4.11. The molecule has 0 unspecified atom stereocenters. The van der Waals surface area contributed by atoms with Crippen molar-refractivity contribution < 1.29 is 4.79 Å². The smallest absolute Gasteiger partial charge is 0.240 e. The second-order valence-electron chi connectivity index (χ2n) is 4.77. The van der Waals surface area contributed by atoms with Crippen molar-refractivity contribution in [3.05, 3.63) is 0 Å². The van der Waals surface area contributed by atoms with Crippen molar-refractivity contribution >= 4 is 5.91 Å². The summed E-state index contributed by atoms with van der Waals surface area (Å²) in [6.45, 7) is 1.78. The largest absolute Gasteiger partial charge is 0.353 e. The van der Waals surface area contributed by atoms with Crippen molar-refractivity contribution in [3.8, 4) is 0 Å². The Morgan fingerprint density at radius 3 is 2.67 bits per heavy atom. The zero-order valence-corrected chi connectivity index (χ0v) is 9.68. The topological polar surface area (TPSA) is 44.4 Å². The summed E-state index contributed by atoms with van der Waals surface area (Å²) in [6, 6.07) is 0.596. The van der Waals surface area contributed by atoms with E-state index < -0.39 is 0 Å². The van der Waals surface area contributed by atoms with Crippen LogP contribution < -0.4 is 10.6 Å². The van der Waals surface area contributed by atoms with Crippen molar-refractivity contribution in [1.82, 2.24) is 15.5 Å². The quantitative estimate of drug-likeness (QED) is 0.639. The summed E-state index contributed by atoms with van der Waals surface area (Å²) in [5.41, 5.74) is -0.203. The molecule has 15 heavy (non-hydrogen) atoms. The average molecular weight is 211 g/mol. The molecule has 86 valence electrons. The molecule has 1 aliphatic carbocycles. The molecule has 1 amide bonds. The standard InChI is InChI=1S/C11H21N3O/c1-12-9-3-5-11(6-4-9)10(15)13-7-8-14(11)2/h9,12H,3-8H2,1-2H3,(H,13,15). The van der Waals surface area contributed by atoms with E-state index in [1.54, 1.807) is 0 Å². The van der Waals surface area contributed by atoms with Gasteiger partial charge >= 0.3 is 0 Å². The minimum atomic E-state index is -0.203. The number of hydrogen-bond donors (Lipinski definition) is 2. The molecule has 2 fully saturated rings. The van der Waals surface area contributed by atoms with Gasteiger partial charge in [-0.25, -0.2) is 0 Å². The van der Waals surface area contributed by atoms with Gasteiger partial charge in [0.2, 0.25) is 5.91 Å². The number of hydrogen-bond acceptors (Lipinski definition) is 3. The molecule has 0 aromatic heterocycles. The fraction of sp³-hybridized carbons (Fsp3) is 0.909. The van der Waals surface area contributed by atoms with Crippen LogP contribution in [0.15, 0.2) is 0 Å². The Bertz CT molecular complexity index is 246. The first-order chi connectivity index (χ1) is 7.19. The van der Waals surface area contributed by atoms with Gasteiger partial charge in [0.1, 0.15) is 5.54 Å². The van der Waals surface area contributed by atoms with Crippen LogP contribution in [-0.2, 0) is 4.79 Å². The van der Waals surface area contributed by atoms with Gasteiger partial charge in [0.15, 0.2) is 0 Å². The summed E-state index contributed by atoms with van der Waals surface area (Å²) in [5, 5.41) is 6.31. The first kappa shape index (κ1) is 10.9. The summed E-state index contributed by atoms with van der Waals surface area (Å²) < 4.78 is 0. The Balaban J connectivity index is 2.08. The minimum Gasteiger partial charge on any atom is -0.353 e. The molecule has 1 aliphatic heterocycles. The van der Waals surface area contributed by atoms with Gasteiger partial charge in [0.25, 0.3) is 0 Å². The fourth-order valence-corrected chi connectivity index (χ4v) is 2.88. The predicted octanol–water partition coefficient (Wildman–Crippen LogP) is -0.0512. The number of carbonyl (C=O) groups is 1. The Kier molecular flexibility index (Phi) is 2.98. The molecule has 1 spiro atoms. The molecule has 0 aromatic rings. The number of amides is 1. The zero-order valence-electron chi connectivity index (χ0n) is 9.68. The van der Waals surface area contributed by atoms with E-state index in [2.05, 4.69) is 22.6 Å². The molecule has 1 heterocycles. The maximum absolute atomic E-state index is 12.0. The van der Waals surface area contributed by atoms with Gasteiger partial charge in [-0.15, -0.1) is 0 Å². The fourth-order valence-electron chi connectivity index (χ4n) is 2.88. The SMILES string of the molecule is CNC1CCC2(CC1)C(=O)NCCN2C. The molecule has 1 saturated heterocycles. The molecule has 1 saturated carbocycles. The lowest BCUT2D eigenvalue weighted by atomic mass is 9.76. The maximum Gasteiger partial charge on any atom is 0.240 e. The molecule has 0 bridgehead atoms. The van der Waals surface area contributed by atoms with E-state index in [0.717, 1.165) is 38.8 Å². The highest BCUT2D eigenvalue weighted by atomic mass is 16.2. The van der Waals surface area contributed by atoms with Crippen LogP contribution in [0.3, 0.4) is 0 Å². The van der Waals surface area contributed by atoms with E-state index in [4.69, 9.17) is 0 Å². The molecule has 2 rings (SSSR count). The van der Waals surface area contributed by atoms with Gasteiger partial charge < -0.3 is 10.6 Å². The van der Waals surface area contributed by atoms with Crippen molar-refractivity contribution in [1.29, 1.82) is 0 Å². The summed E-state index contributed by atoms with van der Waals surface area (Å²) >= 11 is 0. The number of nitrogens with one attached hydrogen (secondary N) is 2. The second-order valence-corrected chi connectivity index (χ2v) is 4.77. The lowest BCUT2D eigenvalue weighted by Gasteiger charge is -2.47. The Morgan fingerprint density at radius 2 is 2.13 bits per heavy atom. The van der Waals surface area contributed by atoms with Gasteiger partial charge in [-0.1, -0.05) is 0 Å². The van der Waals surface area contributed by atoms with Crippen LogP contribution in [0.1, 0.15) is 25.7 Å². The van der Waals surface area contributed by atoms with Crippen molar-refractivity contribution in [2.45, 2.75) is 37.3 Å². The van der Waals surface area contributed by atoms with Crippen molar-refractivity contribution in [3.63, 3.8) is 0 Å². The normalized spacial score (nSPS) is 38.0. The maximum atomic E-state index is 12.0. The number of carbonyl (C=O) groups excluding carboxylic acids is 1. The Morgan fingerprint density at radius 1 is 1.47 bits per heavy atom. The number of rotatable bonds is 1. The van der Waals surface area contributed by atoms with E-state index in [1.165, 1.54) is 0 Å². The zero-order chi connectivity index (χ0) is 10.9. The second kappa shape index (κ2) is 4.10. The highest BCUT2D eigenvalue weighted by Gasteiger charge is 2.46. The van der Waals surface area contributed by atoms with E-state index in [-0.39, 0.29) is 11.4 Å². The van der Waals surface area contributed by atoms with Gasteiger partial charge in [-0.2, -0.15) is 0 Å². The summed E-state index contributed by atoms with van der Waals surface area (Å²) in [7, 11) is 4.09. The van der Waals surface area contributed by atoms with Crippen LogP contribution in [0.4, 0.5) is 0 Å². The number of piperazine rings is 1. The lowest BCUT2D eigenvalue weighted by molar-refractivity contribution is -0.138. The molecular formula is C11H21N3O. The third-order valence-electron chi connectivity index (χ3n) is 4.11. The van der Waals surface area contributed by atoms with Crippen molar-refractivity contribution in [2.24, 2.45) is 0 Å². The van der Waals surface area contributed by atoms with Crippen LogP contribution in [0.2, 0.25) is 0 Å². The molecule has 4 nitrogen and oxygen atoms in total. The van der Waals surface area contributed by atoms with Crippen LogP contribution >= 0.6 is 0 Å². The van der Waals surface area contributed by atoms with Gasteiger partial charge in [0, 0.05) is 19.1 Å². The van der Waals surface area contributed by atoms with E-state index >= 15 is 0 Å². The Hall–Kier alpha value is -0.610. The number of nitrogens with zero attached hydrogens (tertiary/aromatic N) is 1. The molecule has 0 aromatic carbocycles. The monoisotopic (exact) mass is 211 g/mol. The highest BCUT2D eigenvalue weighted by molar-refractivity contribution is 5.87. The highest BCUT2D eigenvalue weighted by Crippen LogP contribution is 2.34. The summed E-state index contributed by atoms with van der Waals surface area (Å²) in [4.78, 5) is 14.3. The predicted molar refractivity (Wildman–Crippen MR) is 59.7 cm³/mol. The van der Waals surface area contributed by atoms with Gasteiger partial charge in [0.05, 0.1) is 0 Å². The third kappa shape index (κ3) is 1.76. The van der Waals surface area contributed by atoms with E-state index in [0.29, 0.717) is 6.04 Å². The Labute approximate surface area is 91.4 Å². The first-order valence-electron chi connectivity index (χ1n) is 5.86. The number of likely N-dealkylation sites (N-methyl/N-ethyl adjacent to an activating group) is 1. The van der Waals surface area contributed by atoms with Gasteiger partial charge in [-0.3, -0.25) is 9.69 Å². The summed E-state index contributed by atoms with van der Waals surface area (Å²) in [6.07, 6.45) is 4.18. The van der Waals surface area contributed by atoms with Crippen LogP contribution in [-0.4, -0.2) is 49.6 Å². The van der Waals surface area contributed by atoms with Crippen molar-refractivity contribution in [2.75, 3.05) is 27.2 Å². The molecule has 0 radical (unpaired) electrons. The van der Waals surface area contributed by atoms with E-state index in [1.807, 2.05) is 7.05 Å². The minimum absolute atomic E-state index is 0.203. The van der Waals surface area contributed by atoms with Crippen LogP contribution in [0.5, 0.6) is 0 Å². The summed E-state index contributed by atoms with van der Waals surface area (Å²) in [5.74, 6) is 0.241. The molecular weight excluding hydrogens is 190 g/mol. The first-order valence-corrected chi connectivity index (χ1v) is 5.86. The molecule has 4 heteroatoms. The molecule has 2 N–H and O–H groups in total. The van der Waals surface area contributed by atoms with E-state index in [9.17, 15) is 4.79 Å². The molecule has 2 aliphatic rings.